The summed E-state index contributed by atoms with van der Waals surface area (Å²) in [6, 6.07) is -1.40. The molecule has 0 spiro atoms. The molecule has 0 aromatic rings. The lowest BCUT2D eigenvalue weighted by molar-refractivity contribution is -0.144. The van der Waals surface area contributed by atoms with Gasteiger partial charge in [-0.15, -0.1) is 11.8 Å². The Morgan fingerprint density at radius 1 is 1.30 bits per heavy atom. The first-order chi connectivity index (χ1) is 11.0. The third-order valence-corrected chi connectivity index (χ3v) is 5.65. The summed E-state index contributed by atoms with van der Waals surface area (Å²) in [6.07, 6.45) is 6.02. The SMILES string of the molecule is CCCCC(NC(=O)C1CSCN1C(=O)C1CCCC1)C(=O)O. The van der Waals surface area contributed by atoms with E-state index in [4.69, 9.17) is 0 Å². The molecule has 1 aliphatic heterocycles. The van der Waals surface area contributed by atoms with Crippen LogP contribution in [0.4, 0.5) is 0 Å². The Labute approximate surface area is 141 Å². The van der Waals surface area contributed by atoms with Gasteiger partial charge in [0.25, 0.3) is 0 Å². The van der Waals surface area contributed by atoms with E-state index < -0.39 is 18.1 Å². The summed E-state index contributed by atoms with van der Waals surface area (Å²) >= 11 is 1.56. The van der Waals surface area contributed by atoms with Crippen molar-refractivity contribution in [2.24, 2.45) is 5.92 Å². The van der Waals surface area contributed by atoms with Crippen molar-refractivity contribution in [1.29, 1.82) is 0 Å². The summed E-state index contributed by atoms with van der Waals surface area (Å²) in [7, 11) is 0. The van der Waals surface area contributed by atoms with E-state index in [1.54, 1.807) is 16.7 Å². The average molecular weight is 342 g/mol. The van der Waals surface area contributed by atoms with Crippen LogP contribution in [0, 0.1) is 5.92 Å². The Balaban J connectivity index is 1.96. The van der Waals surface area contributed by atoms with Gasteiger partial charge in [0.05, 0.1) is 5.88 Å². The number of carbonyl (C=O) groups is 3. The fraction of sp³-hybridized carbons (Fsp3) is 0.812. The van der Waals surface area contributed by atoms with E-state index in [2.05, 4.69) is 5.32 Å². The second kappa shape index (κ2) is 8.57. The largest absolute Gasteiger partial charge is 0.480 e. The number of carboxylic acid groups (broad SMARTS) is 1. The van der Waals surface area contributed by atoms with Gasteiger partial charge in [-0.2, -0.15) is 0 Å². The number of aliphatic carboxylic acids is 1. The number of amides is 2. The molecule has 1 saturated heterocycles. The molecule has 23 heavy (non-hydrogen) atoms. The van der Waals surface area contributed by atoms with E-state index in [-0.39, 0.29) is 17.7 Å². The Morgan fingerprint density at radius 2 is 2.00 bits per heavy atom. The van der Waals surface area contributed by atoms with Crippen LogP contribution >= 0.6 is 11.8 Å². The third kappa shape index (κ3) is 4.62. The molecule has 2 atom stereocenters. The Kier molecular flexibility index (Phi) is 6.74. The number of hydrogen-bond donors (Lipinski definition) is 2. The summed E-state index contributed by atoms with van der Waals surface area (Å²) in [6.45, 7) is 1.98. The van der Waals surface area contributed by atoms with Gasteiger partial charge < -0.3 is 15.3 Å². The molecule has 1 saturated carbocycles. The van der Waals surface area contributed by atoms with Gasteiger partial charge >= 0.3 is 5.97 Å². The highest BCUT2D eigenvalue weighted by molar-refractivity contribution is 7.99. The summed E-state index contributed by atoms with van der Waals surface area (Å²) in [4.78, 5) is 38.0. The number of carbonyl (C=O) groups excluding carboxylic acids is 2. The third-order valence-electron chi connectivity index (χ3n) is 4.63. The Hall–Kier alpha value is -1.24. The second-order valence-electron chi connectivity index (χ2n) is 6.35. The zero-order chi connectivity index (χ0) is 16.8. The first kappa shape index (κ1) is 18.1. The summed E-state index contributed by atoms with van der Waals surface area (Å²) in [5, 5.41) is 11.9. The maximum atomic E-state index is 12.6. The van der Waals surface area contributed by atoms with Crippen LogP contribution in [-0.2, 0) is 14.4 Å². The molecule has 130 valence electrons. The maximum absolute atomic E-state index is 12.6. The molecule has 2 rings (SSSR count). The summed E-state index contributed by atoms with van der Waals surface area (Å²) in [5.41, 5.74) is 0. The van der Waals surface area contributed by atoms with Crippen molar-refractivity contribution in [1.82, 2.24) is 10.2 Å². The second-order valence-corrected chi connectivity index (χ2v) is 7.35. The van der Waals surface area contributed by atoms with Gasteiger partial charge in [0.15, 0.2) is 0 Å². The van der Waals surface area contributed by atoms with Crippen molar-refractivity contribution >= 4 is 29.5 Å². The lowest BCUT2D eigenvalue weighted by Gasteiger charge is -2.27. The molecule has 1 heterocycles. The molecular weight excluding hydrogens is 316 g/mol. The number of rotatable bonds is 7. The van der Waals surface area contributed by atoms with E-state index in [0.29, 0.717) is 18.1 Å². The van der Waals surface area contributed by atoms with Crippen LogP contribution in [-0.4, -0.2) is 51.5 Å². The summed E-state index contributed by atoms with van der Waals surface area (Å²) in [5.74, 6) is -0.159. The topological polar surface area (TPSA) is 86.7 Å². The fourth-order valence-electron chi connectivity index (χ4n) is 3.22. The summed E-state index contributed by atoms with van der Waals surface area (Å²) < 4.78 is 0. The molecule has 2 aliphatic rings. The lowest BCUT2D eigenvalue weighted by atomic mass is 10.1. The van der Waals surface area contributed by atoms with Crippen molar-refractivity contribution in [2.75, 3.05) is 11.6 Å². The zero-order valence-electron chi connectivity index (χ0n) is 13.6. The average Bonchev–Trinajstić information content (AvgIpc) is 3.21. The van der Waals surface area contributed by atoms with Crippen LogP contribution < -0.4 is 5.32 Å². The molecule has 1 aliphatic carbocycles. The van der Waals surface area contributed by atoms with Crippen molar-refractivity contribution in [3.05, 3.63) is 0 Å². The highest BCUT2D eigenvalue weighted by Crippen LogP contribution is 2.30. The van der Waals surface area contributed by atoms with Crippen LogP contribution in [0.5, 0.6) is 0 Å². The Bertz CT molecular complexity index is 451. The van der Waals surface area contributed by atoms with Crippen molar-refractivity contribution in [3.63, 3.8) is 0 Å². The predicted octanol–water partition coefficient (Wildman–Crippen LogP) is 1.84. The van der Waals surface area contributed by atoms with Gasteiger partial charge in [-0.25, -0.2) is 4.79 Å². The molecule has 2 amide bonds. The van der Waals surface area contributed by atoms with Crippen LogP contribution in [0.2, 0.25) is 0 Å². The number of thioether (sulfide) groups is 1. The number of nitrogens with one attached hydrogen (secondary N) is 1. The number of unbranched alkanes of at least 4 members (excludes halogenated alkanes) is 1. The highest BCUT2D eigenvalue weighted by Gasteiger charge is 2.39. The molecule has 0 aromatic heterocycles. The van der Waals surface area contributed by atoms with E-state index in [0.717, 1.165) is 38.5 Å². The van der Waals surface area contributed by atoms with Gasteiger partial charge in [-0.3, -0.25) is 9.59 Å². The van der Waals surface area contributed by atoms with Gasteiger partial charge in [-0.05, 0) is 19.3 Å². The van der Waals surface area contributed by atoms with Gasteiger partial charge in [0, 0.05) is 11.7 Å². The van der Waals surface area contributed by atoms with E-state index in [1.807, 2.05) is 6.92 Å². The van der Waals surface area contributed by atoms with E-state index in [9.17, 15) is 19.5 Å². The zero-order valence-corrected chi connectivity index (χ0v) is 14.4. The minimum absolute atomic E-state index is 0.0411. The fourth-order valence-corrected chi connectivity index (χ4v) is 4.38. The number of carboxylic acids is 1. The Morgan fingerprint density at radius 3 is 2.61 bits per heavy atom. The van der Waals surface area contributed by atoms with Crippen LogP contribution in [0.1, 0.15) is 51.9 Å². The molecule has 6 nitrogen and oxygen atoms in total. The van der Waals surface area contributed by atoms with Crippen molar-refractivity contribution in [3.8, 4) is 0 Å². The molecular formula is C16H26N2O4S. The molecule has 7 heteroatoms. The molecule has 0 aromatic carbocycles. The number of hydrogen-bond acceptors (Lipinski definition) is 4. The first-order valence-electron chi connectivity index (χ1n) is 8.46. The lowest BCUT2D eigenvalue weighted by Crippen LogP contribution is -2.52. The van der Waals surface area contributed by atoms with E-state index in [1.165, 1.54) is 0 Å². The molecule has 0 bridgehead atoms. The molecule has 2 N–H and O–H groups in total. The van der Waals surface area contributed by atoms with Crippen LogP contribution in [0.25, 0.3) is 0 Å². The minimum Gasteiger partial charge on any atom is -0.480 e. The predicted molar refractivity (Wildman–Crippen MR) is 89.0 cm³/mol. The standard InChI is InChI=1S/C16H26N2O4S/c1-2-3-8-12(16(21)22)17-14(19)13-9-23-10-18(13)15(20)11-6-4-5-7-11/h11-13H,2-10H2,1H3,(H,17,19)(H,21,22). The monoisotopic (exact) mass is 342 g/mol. The smallest absolute Gasteiger partial charge is 0.326 e. The molecule has 2 unspecified atom stereocenters. The minimum atomic E-state index is -1.01. The van der Waals surface area contributed by atoms with Crippen molar-refractivity contribution < 1.29 is 19.5 Å². The van der Waals surface area contributed by atoms with Gasteiger partial charge in [-0.1, -0.05) is 32.6 Å². The molecule has 2 fully saturated rings. The molecule has 0 radical (unpaired) electrons. The van der Waals surface area contributed by atoms with Crippen LogP contribution in [0.15, 0.2) is 0 Å². The maximum Gasteiger partial charge on any atom is 0.326 e. The van der Waals surface area contributed by atoms with E-state index >= 15 is 0 Å². The van der Waals surface area contributed by atoms with Gasteiger partial charge in [0.1, 0.15) is 12.1 Å². The van der Waals surface area contributed by atoms with Crippen LogP contribution in [0.3, 0.4) is 0 Å². The normalized spacial score (nSPS) is 23.0. The van der Waals surface area contributed by atoms with Crippen molar-refractivity contribution in [2.45, 2.75) is 64.0 Å². The highest BCUT2D eigenvalue weighted by atomic mass is 32.2. The number of nitrogens with zero attached hydrogens (tertiary/aromatic N) is 1. The quantitative estimate of drug-likeness (QED) is 0.737. The van der Waals surface area contributed by atoms with Gasteiger partial charge in [0.2, 0.25) is 11.8 Å². The first-order valence-corrected chi connectivity index (χ1v) is 9.61.